The van der Waals surface area contributed by atoms with Crippen molar-refractivity contribution in [3.8, 4) is 0 Å². The van der Waals surface area contributed by atoms with Crippen LogP contribution in [0.1, 0.15) is 6.92 Å². The van der Waals surface area contributed by atoms with Crippen molar-refractivity contribution < 1.29 is 14.3 Å². The molecule has 46 valence electrons. The molecule has 0 saturated heterocycles. The fourth-order valence-corrected chi connectivity index (χ4v) is 0.258. The Labute approximate surface area is 46.6 Å². The zero-order chi connectivity index (χ0) is 6.57. The van der Waals surface area contributed by atoms with Crippen LogP contribution in [0, 0.1) is 0 Å². The summed E-state index contributed by atoms with van der Waals surface area (Å²) in [5.74, 6) is -1.19. The van der Waals surface area contributed by atoms with Crippen molar-refractivity contribution in [1.29, 1.82) is 0 Å². The van der Waals surface area contributed by atoms with Crippen LogP contribution in [0.25, 0.3) is 0 Å². The molecule has 8 heavy (non-hydrogen) atoms. The van der Waals surface area contributed by atoms with Crippen LogP contribution in [-0.4, -0.2) is 17.8 Å². The van der Waals surface area contributed by atoms with Crippen molar-refractivity contribution in [1.82, 2.24) is 0 Å². The minimum Gasteiger partial charge on any atom is -0.478 e. The van der Waals surface area contributed by atoms with Gasteiger partial charge in [-0.1, -0.05) is 6.08 Å². The average molecular weight is 118 g/mol. The summed E-state index contributed by atoms with van der Waals surface area (Å²) in [5, 5.41) is 8.06. The zero-order valence-corrected chi connectivity index (χ0v) is 4.52. The van der Waals surface area contributed by atoms with E-state index in [1.54, 1.807) is 0 Å². The molecular weight excluding hydrogens is 111 g/mol. The first-order valence-electron chi connectivity index (χ1n) is 2.16. The fourth-order valence-electron chi connectivity index (χ4n) is 0.258. The number of hydrogen-bond donors (Lipinski definition) is 1. The Hall–Kier alpha value is -0.860. The SMILES string of the molecule is CC=C(CF)C(=O)O. The highest BCUT2D eigenvalue weighted by molar-refractivity contribution is 5.86. The predicted molar refractivity (Wildman–Crippen MR) is 27.4 cm³/mol. The summed E-state index contributed by atoms with van der Waals surface area (Å²) in [6, 6.07) is 0. The lowest BCUT2D eigenvalue weighted by Gasteiger charge is -1.88. The van der Waals surface area contributed by atoms with Crippen molar-refractivity contribution in [2.45, 2.75) is 6.92 Å². The van der Waals surface area contributed by atoms with Gasteiger partial charge >= 0.3 is 5.97 Å². The van der Waals surface area contributed by atoms with Crippen LogP contribution in [0.4, 0.5) is 4.39 Å². The third kappa shape index (κ3) is 1.73. The molecular formula is C5H7FO2. The topological polar surface area (TPSA) is 37.3 Å². The minimum atomic E-state index is -1.19. The Morgan fingerprint density at radius 2 is 2.38 bits per heavy atom. The summed E-state index contributed by atoms with van der Waals surface area (Å²) in [4.78, 5) is 9.85. The van der Waals surface area contributed by atoms with Crippen molar-refractivity contribution in [3.05, 3.63) is 11.6 Å². The maximum Gasteiger partial charge on any atom is 0.333 e. The van der Waals surface area contributed by atoms with E-state index in [2.05, 4.69) is 0 Å². The molecule has 0 bridgehead atoms. The number of allylic oxidation sites excluding steroid dienone is 1. The lowest BCUT2D eigenvalue weighted by Crippen LogP contribution is -2.00. The van der Waals surface area contributed by atoms with E-state index in [0.717, 1.165) is 0 Å². The Kier molecular flexibility index (Phi) is 2.84. The molecule has 0 amide bonds. The number of aliphatic carboxylic acids is 1. The van der Waals surface area contributed by atoms with Crippen LogP contribution in [0.2, 0.25) is 0 Å². The number of rotatable bonds is 2. The van der Waals surface area contributed by atoms with E-state index in [-0.39, 0.29) is 5.57 Å². The predicted octanol–water partition coefficient (Wildman–Crippen LogP) is 0.987. The van der Waals surface area contributed by atoms with Gasteiger partial charge in [0, 0.05) is 0 Å². The number of alkyl halides is 1. The molecule has 0 spiro atoms. The number of halogens is 1. The van der Waals surface area contributed by atoms with Gasteiger partial charge in [0.15, 0.2) is 0 Å². The molecule has 0 saturated carbocycles. The maximum atomic E-state index is 11.5. The quantitative estimate of drug-likeness (QED) is 0.549. The number of carboxylic acids is 1. The van der Waals surface area contributed by atoms with Gasteiger partial charge in [0.25, 0.3) is 0 Å². The first-order chi connectivity index (χ1) is 3.72. The summed E-state index contributed by atoms with van der Waals surface area (Å²) in [6.07, 6.45) is 1.24. The first-order valence-corrected chi connectivity index (χ1v) is 2.16. The van der Waals surface area contributed by atoms with Gasteiger partial charge in [-0.25, -0.2) is 9.18 Å². The van der Waals surface area contributed by atoms with E-state index in [1.165, 1.54) is 13.0 Å². The van der Waals surface area contributed by atoms with E-state index in [9.17, 15) is 9.18 Å². The normalized spacial score (nSPS) is 11.5. The lowest BCUT2D eigenvalue weighted by atomic mass is 10.3. The van der Waals surface area contributed by atoms with Crippen molar-refractivity contribution in [2.75, 3.05) is 6.67 Å². The van der Waals surface area contributed by atoms with Crippen LogP contribution in [-0.2, 0) is 4.79 Å². The third-order valence-corrected chi connectivity index (χ3v) is 0.767. The first kappa shape index (κ1) is 7.14. The summed E-state index contributed by atoms with van der Waals surface area (Å²) in [5.41, 5.74) is -0.190. The van der Waals surface area contributed by atoms with Gasteiger partial charge in [0.05, 0.1) is 5.57 Å². The van der Waals surface area contributed by atoms with Gasteiger partial charge < -0.3 is 5.11 Å². The molecule has 0 rings (SSSR count). The Bertz CT molecular complexity index is 118. The van der Waals surface area contributed by atoms with E-state index in [1.807, 2.05) is 0 Å². The van der Waals surface area contributed by atoms with E-state index in [0.29, 0.717) is 0 Å². The number of carboxylic acid groups (broad SMARTS) is 1. The van der Waals surface area contributed by atoms with Gasteiger partial charge in [-0.05, 0) is 6.92 Å². The Balaban J connectivity index is 3.92. The molecule has 0 radical (unpaired) electrons. The second-order valence-corrected chi connectivity index (χ2v) is 1.25. The van der Waals surface area contributed by atoms with Gasteiger partial charge in [-0.2, -0.15) is 0 Å². The standard InChI is InChI=1S/C5H7FO2/c1-2-4(3-6)5(7)8/h2H,3H2,1H3,(H,7,8). The van der Waals surface area contributed by atoms with Crippen LogP contribution in [0.15, 0.2) is 11.6 Å². The highest BCUT2D eigenvalue weighted by Gasteiger charge is 2.02. The zero-order valence-electron chi connectivity index (χ0n) is 4.52. The highest BCUT2D eigenvalue weighted by Crippen LogP contribution is 1.92. The second-order valence-electron chi connectivity index (χ2n) is 1.25. The largest absolute Gasteiger partial charge is 0.478 e. The second kappa shape index (κ2) is 3.18. The van der Waals surface area contributed by atoms with Crippen molar-refractivity contribution in [3.63, 3.8) is 0 Å². The van der Waals surface area contributed by atoms with Gasteiger partial charge in [-0.3, -0.25) is 0 Å². The number of carbonyl (C=O) groups is 1. The summed E-state index contributed by atoms with van der Waals surface area (Å²) < 4.78 is 11.5. The Morgan fingerprint density at radius 3 is 2.38 bits per heavy atom. The summed E-state index contributed by atoms with van der Waals surface area (Å²) in [7, 11) is 0. The minimum absolute atomic E-state index is 0.190. The third-order valence-electron chi connectivity index (χ3n) is 0.767. The summed E-state index contributed by atoms with van der Waals surface area (Å²) >= 11 is 0. The molecule has 3 heteroatoms. The van der Waals surface area contributed by atoms with E-state index >= 15 is 0 Å². The van der Waals surface area contributed by atoms with Crippen LogP contribution < -0.4 is 0 Å². The van der Waals surface area contributed by atoms with Gasteiger partial charge in [-0.15, -0.1) is 0 Å². The molecule has 0 heterocycles. The molecule has 1 N–H and O–H groups in total. The lowest BCUT2D eigenvalue weighted by molar-refractivity contribution is -0.132. The molecule has 2 nitrogen and oxygen atoms in total. The van der Waals surface area contributed by atoms with Crippen LogP contribution >= 0.6 is 0 Å². The molecule has 0 aliphatic heterocycles. The Morgan fingerprint density at radius 1 is 1.88 bits per heavy atom. The van der Waals surface area contributed by atoms with Crippen molar-refractivity contribution in [2.24, 2.45) is 0 Å². The fraction of sp³-hybridized carbons (Fsp3) is 0.400. The van der Waals surface area contributed by atoms with Crippen LogP contribution in [0.3, 0.4) is 0 Å². The smallest absolute Gasteiger partial charge is 0.333 e. The average Bonchev–Trinajstić information content (AvgIpc) is 1.69. The van der Waals surface area contributed by atoms with Gasteiger partial charge in [0.1, 0.15) is 6.67 Å². The van der Waals surface area contributed by atoms with Crippen molar-refractivity contribution >= 4 is 5.97 Å². The molecule has 0 aliphatic rings. The molecule has 0 atom stereocenters. The molecule has 0 fully saturated rings. The summed E-state index contributed by atoms with van der Waals surface area (Å²) in [6.45, 7) is 0.592. The molecule has 0 aromatic heterocycles. The molecule has 0 aromatic rings. The maximum absolute atomic E-state index is 11.5. The molecule has 0 aliphatic carbocycles. The van der Waals surface area contributed by atoms with Gasteiger partial charge in [0.2, 0.25) is 0 Å². The van der Waals surface area contributed by atoms with E-state index < -0.39 is 12.6 Å². The van der Waals surface area contributed by atoms with E-state index in [4.69, 9.17) is 5.11 Å². The molecule has 0 unspecified atom stereocenters. The van der Waals surface area contributed by atoms with Crippen LogP contribution in [0.5, 0.6) is 0 Å². The monoisotopic (exact) mass is 118 g/mol. The highest BCUT2D eigenvalue weighted by atomic mass is 19.1. The molecule has 0 aromatic carbocycles. The number of hydrogen-bond acceptors (Lipinski definition) is 1.